The SMILES string of the molecule is COCC[N+](CCCS(=O)(=O)[O-])=c1ccc2c(C(C)(C)C)cc(/C=C/C=C/C=C3/N(CCCS(=O)(=O)[O-])c4ccc(S(=O)(=O)[O-])cc4C3(C)CCCC(=O)ON3C(=O)CCC3=O)oc-2c1.[Na+].[Na+]. The van der Waals surface area contributed by atoms with E-state index in [4.69, 9.17) is 14.0 Å². The van der Waals surface area contributed by atoms with Crippen molar-refractivity contribution in [3.8, 4) is 11.3 Å². The summed E-state index contributed by atoms with van der Waals surface area (Å²) in [5.41, 5.74) is 1.80. The number of hydrogen-bond acceptors (Lipinski definition) is 16. The molecule has 23 heteroatoms. The summed E-state index contributed by atoms with van der Waals surface area (Å²) in [5.74, 6) is -2.27. The molecule has 18 nitrogen and oxygen atoms in total. The number of ether oxygens (including phenoxy) is 1. The second-order valence-corrected chi connectivity index (χ2v) is 21.4. The van der Waals surface area contributed by atoms with Gasteiger partial charge >= 0.3 is 65.1 Å². The van der Waals surface area contributed by atoms with Crippen LogP contribution in [0.15, 0.2) is 81.8 Å². The topological polar surface area (TPSA) is 264 Å². The predicted octanol–water partition coefficient (Wildman–Crippen LogP) is -2.11. The van der Waals surface area contributed by atoms with E-state index in [1.807, 2.05) is 28.8 Å². The van der Waals surface area contributed by atoms with E-state index >= 15 is 0 Å². The van der Waals surface area contributed by atoms with E-state index in [0.29, 0.717) is 46.7 Å². The standard InChI is InChI=1S/C44H55N3O15S3.2Na/c1-43(2,3)35-29-32(61-38-28-31(15-17-34(35)38)45(24-25-60-5)22-10-26-63(51,52)53)12-7-6-8-13-39-44(4,21-9-14-42(50)62-47-40(48)19-20-41(47)49)36-30-33(65(57,58)59)16-18-37(36)46(39)23-11-27-64(54,55)56;;/h6-8,12-13,15-18,28-30H,9-11,14,19-27H2,1-5H3,(H2-,51,52,53,54,55,56,57,58,59);;/q;2*+1/p-2. The fourth-order valence-corrected chi connectivity index (χ4v) is 9.40. The van der Waals surface area contributed by atoms with Gasteiger partial charge in [0, 0.05) is 79.3 Å². The quantitative estimate of drug-likeness (QED) is 0.0386. The average molecular weight is 1010 g/mol. The van der Waals surface area contributed by atoms with E-state index in [1.165, 1.54) is 12.1 Å². The first-order valence-electron chi connectivity index (χ1n) is 20.8. The summed E-state index contributed by atoms with van der Waals surface area (Å²) < 4.78 is 119. The summed E-state index contributed by atoms with van der Waals surface area (Å²) in [6, 6.07) is 11.4. The van der Waals surface area contributed by atoms with Crippen LogP contribution < -0.4 is 73.9 Å². The molecule has 1 atom stereocenters. The minimum absolute atomic E-state index is 0. The Morgan fingerprint density at radius 1 is 0.866 bits per heavy atom. The molecule has 0 radical (unpaired) electrons. The molecule has 67 heavy (non-hydrogen) atoms. The van der Waals surface area contributed by atoms with Gasteiger partial charge in [-0.2, -0.15) is 0 Å². The van der Waals surface area contributed by atoms with Crippen molar-refractivity contribution in [1.82, 2.24) is 9.64 Å². The van der Waals surface area contributed by atoms with Crippen LogP contribution in [0.3, 0.4) is 0 Å². The number of hydroxylamine groups is 2. The number of imide groups is 1. The fourth-order valence-electron chi connectivity index (χ4n) is 7.94. The molecule has 1 unspecified atom stereocenters. The van der Waals surface area contributed by atoms with Gasteiger partial charge < -0.3 is 32.5 Å². The van der Waals surface area contributed by atoms with E-state index in [0.717, 1.165) is 22.6 Å². The first-order valence-corrected chi connectivity index (χ1v) is 25.4. The molecule has 0 bridgehead atoms. The van der Waals surface area contributed by atoms with Crippen LogP contribution in [0.2, 0.25) is 0 Å². The molecule has 3 aliphatic heterocycles. The third-order valence-corrected chi connectivity index (χ3v) is 13.5. The number of allylic oxidation sites excluding steroid dienone is 5. The number of methoxy groups -OCH3 is 1. The number of anilines is 1. The molecule has 2 amide bonds. The number of nitrogens with zero attached hydrogens (tertiary/aromatic N) is 3. The van der Waals surface area contributed by atoms with E-state index < -0.39 is 70.0 Å². The van der Waals surface area contributed by atoms with Gasteiger partial charge in [0.15, 0.2) is 6.54 Å². The van der Waals surface area contributed by atoms with Crippen molar-refractivity contribution < 1.29 is 126 Å². The van der Waals surface area contributed by atoms with Crippen molar-refractivity contribution in [2.24, 2.45) is 0 Å². The smallest absolute Gasteiger partial charge is 0.748 e. The van der Waals surface area contributed by atoms with Crippen LogP contribution in [-0.2, 0) is 65.1 Å². The second kappa shape index (κ2) is 24.2. The Balaban J connectivity index is 0.00000595. The van der Waals surface area contributed by atoms with Crippen LogP contribution in [0.4, 0.5) is 5.69 Å². The first kappa shape index (κ1) is 58.3. The van der Waals surface area contributed by atoms with Gasteiger partial charge in [0.05, 0.1) is 31.2 Å². The largest absolute Gasteiger partial charge is 1.00 e. The second-order valence-electron chi connectivity index (χ2n) is 17.0. The Morgan fingerprint density at radius 3 is 2.13 bits per heavy atom. The van der Waals surface area contributed by atoms with Gasteiger partial charge in [-0.1, -0.05) is 39.0 Å². The molecule has 0 spiro atoms. The molecule has 354 valence electrons. The molecular weight excluding hydrogens is 953 g/mol. The maximum absolute atomic E-state index is 12.8. The number of hydrogen-bond donors (Lipinski definition) is 0. The summed E-state index contributed by atoms with van der Waals surface area (Å²) >= 11 is 0. The van der Waals surface area contributed by atoms with E-state index in [-0.39, 0.29) is 123 Å². The number of rotatable bonds is 20. The van der Waals surface area contributed by atoms with E-state index in [1.54, 1.807) is 49.3 Å². The molecular formula is C44H53N3Na2O15S3. The zero-order valence-electron chi connectivity index (χ0n) is 38.8. The summed E-state index contributed by atoms with van der Waals surface area (Å²) in [4.78, 5) is 43.1. The Morgan fingerprint density at radius 2 is 1.52 bits per heavy atom. The summed E-state index contributed by atoms with van der Waals surface area (Å²) in [6.45, 7) is 9.04. The maximum Gasteiger partial charge on any atom is 1.00 e. The number of amides is 2. The minimum atomic E-state index is -4.92. The Bertz CT molecular complexity index is 2770. The Labute approximate surface area is 436 Å². The van der Waals surface area contributed by atoms with Gasteiger partial charge in [0.1, 0.15) is 34.8 Å². The van der Waals surface area contributed by atoms with Gasteiger partial charge in [0.2, 0.25) is 5.36 Å². The first-order chi connectivity index (χ1) is 30.3. The van der Waals surface area contributed by atoms with Crippen LogP contribution in [0.1, 0.15) is 89.5 Å². The Kier molecular flexibility index (Phi) is 21.0. The van der Waals surface area contributed by atoms with Crippen LogP contribution in [0, 0.1) is 0 Å². The molecule has 1 aromatic carbocycles. The monoisotopic (exact) mass is 1010 g/mol. The molecule has 1 aromatic rings. The Hall–Kier alpha value is -3.03. The zero-order chi connectivity index (χ0) is 48.0. The van der Waals surface area contributed by atoms with Crippen LogP contribution >= 0.6 is 0 Å². The molecule has 1 saturated heterocycles. The van der Waals surface area contributed by atoms with Gasteiger partial charge in [-0.15, -0.1) is 5.06 Å². The van der Waals surface area contributed by atoms with Crippen molar-refractivity contribution in [2.45, 2.75) is 88.4 Å². The van der Waals surface area contributed by atoms with Gasteiger partial charge in [-0.05, 0) is 85.2 Å². The number of fused-ring (bicyclic) bond motifs is 2. The fraction of sp³-hybridized carbons (Fsp3) is 0.455. The van der Waals surface area contributed by atoms with Gasteiger partial charge in [-0.3, -0.25) is 9.59 Å². The zero-order valence-corrected chi connectivity index (χ0v) is 45.3. The van der Waals surface area contributed by atoms with Crippen molar-refractivity contribution in [1.29, 1.82) is 0 Å². The van der Waals surface area contributed by atoms with Crippen molar-refractivity contribution in [3.05, 3.63) is 94.7 Å². The average Bonchev–Trinajstić information content (AvgIpc) is 3.63. The summed E-state index contributed by atoms with van der Waals surface area (Å²) in [7, 11) is -12.4. The predicted molar refractivity (Wildman–Crippen MR) is 236 cm³/mol. The minimum Gasteiger partial charge on any atom is -0.748 e. The molecule has 1 aliphatic carbocycles. The maximum atomic E-state index is 12.8. The van der Waals surface area contributed by atoms with Crippen molar-refractivity contribution in [3.63, 3.8) is 0 Å². The summed E-state index contributed by atoms with van der Waals surface area (Å²) in [5, 5.41) is 1.18. The molecule has 5 rings (SSSR count). The molecule has 0 aromatic heterocycles. The van der Waals surface area contributed by atoms with Gasteiger partial charge in [-0.25, -0.2) is 34.6 Å². The number of benzene rings is 2. The van der Waals surface area contributed by atoms with Crippen molar-refractivity contribution >= 4 is 59.9 Å². The molecule has 1 fully saturated rings. The third-order valence-electron chi connectivity index (χ3n) is 11.1. The van der Waals surface area contributed by atoms with Gasteiger partial charge in [0.25, 0.3) is 11.8 Å². The third kappa shape index (κ3) is 16.0. The van der Waals surface area contributed by atoms with E-state index in [9.17, 15) is 53.3 Å². The molecule has 0 N–H and O–H groups in total. The van der Waals surface area contributed by atoms with Crippen LogP contribution in [0.25, 0.3) is 17.4 Å². The molecule has 3 heterocycles. The number of carbonyl (C=O) groups is 3. The molecule has 4 aliphatic rings. The summed E-state index contributed by atoms with van der Waals surface area (Å²) in [6.07, 6.45) is 8.46. The van der Waals surface area contributed by atoms with E-state index in [2.05, 4.69) is 20.8 Å². The molecule has 0 saturated carbocycles. The normalized spacial score (nSPS) is 17.9. The van der Waals surface area contributed by atoms with Crippen LogP contribution in [-0.4, -0.2) is 107 Å². The van der Waals surface area contributed by atoms with Crippen molar-refractivity contribution in [2.75, 3.05) is 49.8 Å². The number of carbonyl (C=O) groups excluding carboxylic acids is 3. The van der Waals surface area contributed by atoms with Crippen LogP contribution in [0.5, 0.6) is 0 Å².